The largest absolute Gasteiger partial charge is 0.309 e. The van der Waals surface area contributed by atoms with Crippen LogP contribution in [0.1, 0.15) is 25.0 Å². The molecule has 244 valence electrons. The van der Waals surface area contributed by atoms with Gasteiger partial charge in [0.05, 0.1) is 11.0 Å². The van der Waals surface area contributed by atoms with Crippen LogP contribution in [0.5, 0.6) is 0 Å². The molecule has 10 aromatic rings. The van der Waals surface area contributed by atoms with Gasteiger partial charge in [0.2, 0.25) is 0 Å². The average Bonchev–Trinajstić information content (AvgIpc) is 3.65. The number of para-hydroxylation sites is 1. The summed E-state index contributed by atoms with van der Waals surface area (Å²) in [5.74, 6) is 0. The molecule has 0 unspecified atom stereocenters. The zero-order valence-electron chi connectivity index (χ0n) is 29.2. The Balaban J connectivity index is 1.09. The summed E-state index contributed by atoms with van der Waals surface area (Å²) < 4.78 is 2.45. The number of fused-ring (bicyclic) bond motifs is 12. The second-order valence-electron chi connectivity index (χ2n) is 14.9. The second kappa shape index (κ2) is 10.8. The van der Waals surface area contributed by atoms with Crippen LogP contribution >= 0.6 is 0 Å². The molecule has 9 aromatic carbocycles. The first-order valence-corrected chi connectivity index (χ1v) is 18.3. The number of rotatable bonds is 3. The topological polar surface area (TPSA) is 4.93 Å². The molecule has 1 heteroatoms. The standard InChI is InChI=1S/C51H35N/c1-51(2)47-20-9-7-18-42(47)46-30-34(24-27-48(46)51)32-12-11-13-36(28-32)52-49-21-10-8-19-43(49)44-26-23-35(31-50(44)52)33-22-25-41-39-16-4-3-14-37(39)38-15-5-6-17-40(38)45(41)29-33/h3-31H,1-2H3. The van der Waals surface area contributed by atoms with Crippen molar-refractivity contribution in [2.24, 2.45) is 0 Å². The van der Waals surface area contributed by atoms with Gasteiger partial charge in [-0.3, -0.25) is 0 Å². The molecule has 1 aromatic heterocycles. The average molecular weight is 662 g/mol. The maximum absolute atomic E-state index is 2.45. The van der Waals surface area contributed by atoms with Crippen LogP contribution in [-0.4, -0.2) is 4.57 Å². The molecular formula is C51H35N. The maximum Gasteiger partial charge on any atom is 0.0547 e. The quantitative estimate of drug-likeness (QED) is 0.166. The molecule has 0 N–H and O–H groups in total. The summed E-state index contributed by atoms with van der Waals surface area (Å²) in [6.45, 7) is 4.69. The molecule has 1 heterocycles. The van der Waals surface area contributed by atoms with Crippen LogP contribution < -0.4 is 0 Å². The van der Waals surface area contributed by atoms with Crippen molar-refractivity contribution < 1.29 is 0 Å². The zero-order valence-corrected chi connectivity index (χ0v) is 29.2. The first-order valence-electron chi connectivity index (χ1n) is 18.3. The summed E-state index contributed by atoms with van der Waals surface area (Å²) in [5.41, 5.74) is 14.0. The highest BCUT2D eigenvalue weighted by Crippen LogP contribution is 2.49. The maximum atomic E-state index is 2.45. The fraction of sp³-hybridized carbons (Fsp3) is 0.0588. The predicted molar refractivity (Wildman–Crippen MR) is 222 cm³/mol. The van der Waals surface area contributed by atoms with Crippen molar-refractivity contribution in [1.82, 2.24) is 4.57 Å². The van der Waals surface area contributed by atoms with Crippen molar-refractivity contribution in [3.8, 4) is 39.1 Å². The monoisotopic (exact) mass is 661 g/mol. The van der Waals surface area contributed by atoms with E-state index >= 15 is 0 Å². The van der Waals surface area contributed by atoms with Gasteiger partial charge in [0, 0.05) is 21.9 Å². The number of benzene rings is 9. The summed E-state index contributed by atoms with van der Waals surface area (Å²) >= 11 is 0. The third-order valence-electron chi connectivity index (χ3n) is 11.8. The van der Waals surface area contributed by atoms with Crippen molar-refractivity contribution in [1.29, 1.82) is 0 Å². The molecule has 0 radical (unpaired) electrons. The number of hydrogen-bond acceptors (Lipinski definition) is 0. The Morgan fingerprint density at radius 2 is 0.846 bits per heavy atom. The Bertz CT molecular complexity index is 3060. The van der Waals surface area contributed by atoms with E-state index in [1.165, 1.54) is 98.6 Å². The van der Waals surface area contributed by atoms with E-state index in [1.807, 2.05) is 0 Å². The van der Waals surface area contributed by atoms with E-state index in [9.17, 15) is 0 Å². The van der Waals surface area contributed by atoms with Crippen LogP contribution in [0.4, 0.5) is 0 Å². The Hall–Kier alpha value is -6.44. The molecule has 0 saturated carbocycles. The van der Waals surface area contributed by atoms with Crippen molar-refractivity contribution in [2.45, 2.75) is 19.3 Å². The summed E-state index contributed by atoms with van der Waals surface area (Å²) in [4.78, 5) is 0. The van der Waals surface area contributed by atoms with Gasteiger partial charge in [0.1, 0.15) is 0 Å². The molecule has 0 saturated heterocycles. The van der Waals surface area contributed by atoms with E-state index in [0.717, 1.165) is 5.69 Å². The molecule has 0 aliphatic heterocycles. The van der Waals surface area contributed by atoms with Crippen LogP contribution in [0.2, 0.25) is 0 Å². The molecule has 1 nitrogen and oxygen atoms in total. The van der Waals surface area contributed by atoms with Gasteiger partial charge in [-0.05, 0) is 113 Å². The first kappa shape index (κ1) is 29.3. The van der Waals surface area contributed by atoms with E-state index in [0.29, 0.717) is 0 Å². The van der Waals surface area contributed by atoms with Crippen LogP contribution in [0, 0.1) is 0 Å². The van der Waals surface area contributed by atoms with Gasteiger partial charge in [-0.2, -0.15) is 0 Å². The van der Waals surface area contributed by atoms with E-state index in [4.69, 9.17) is 0 Å². The van der Waals surface area contributed by atoms with Gasteiger partial charge < -0.3 is 4.57 Å². The minimum absolute atomic E-state index is 0.00108. The molecule has 0 bridgehead atoms. The Labute approximate surface area is 303 Å². The molecule has 0 atom stereocenters. The smallest absolute Gasteiger partial charge is 0.0547 e. The lowest BCUT2D eigenvalue weighted by molar-refractivity contribution is 0.660. The van der Waals surface area contributed by atoms with Crippen LogP contribution in [0.3, 0.4) is 0 Å². The Kier molecular flexibility index (Phi) is 6.08. The van der Waals surface area contributed by atoms with Gasteiger partial charge >= 0.3 is 0 Å². The van der Waals surface area contributed by atoms with Gasteiger partial charge in [-0.15, -0.1) is 0 Å². The van der Waals surface area contributed by atoms with Crippen molar-refractivity contribution >= 4 is 54.1 Å². The predicted octanol–water partition coefficient (Wildman–Crippen LogP) is 13.9. The van der Waals surface area contributed by atoms with Gasteiger partial charge in [0.15, 0.2) is 0 Å². The summed E-state index contributed by atoms with van der Waals surface area (Å²) in [7, 11) is 0. The molecule has 0 fully saturated rings. The molecular weight excluding hydrogens is 627 g/mol. The number of nitrogens with zero attached hydrogens (tertiary/aromatic N) is 1. The zero-order chi connectivity index (χ0) is 34.6. The fourth-order valence-electron chi connectivity index (χ4n) is 9.24. The van der Waals surface area contributed by atoms with E-state index in [-0.39, 0.29) is 5.41 Å². The van der Waals surface area contributed by atoms with Crippen molar-refractivity contribution in [3.63, 3.8) is 0 Å². The molecule has 0 spiro atoms. The van der Waals surface area contributed by atoms with Gasteiger partial charge in [0.25, 0.3) is 0 Å². The molecule has 0 amide bonds. The number of hydrogen-bond donors (Lipinski definition) is 0. The lowest BCUT2D eigenvalue weighted by atomic mass is 9.82. The van der Waals surface area contributed by atoms with Crippen LogP contribution in [0.25, 0.3) is 93.2 Å². The Morgan fingerprint density at radius 3 is 1.62 bits per heavy atom. The van der Waals surface area contributed by atoms with E-state index in [2.05, 4.69) is 194 Å². The van der Waals surface area contributed by atoms with E-state index in [1.54, 1.807) is 0 Å². The third kappa shape index (κ3) is 4.11. The second-order valence-corrected chi connectivity index (χ2v) is 14.9. The number of aromatic nitrogens is 1. The van der Waals surface area contributed by atoms with Crippen LogP contribution in [-0.2, 0) is 5.41 Å². The van der Waals surface area contributed by atoms with Gasteiger partial charge in [-0.25, -0.2) is 0 Å². The molecule has 1 aliphatic carbocycles. The summed E-state index contributed by atoms with van der Waals surface area (Å²) in [6.07, 6.45) is 0. The molecule has 11 rings (SSSR count). The first-order chi connectivity index (χ1) is 25.5. The molecule has 52 heavy (non-hydrogen) atoms. The fourth-order valence-corrected chi connectivity index (χ4v) is 9.24. The van der Waals surface area contributed by atoms with Crippen molar-refractivity contribution in [3.05, 3.63) is 187 Å². The Morgan fingerprint density at radius 1 is 0.327 bits per heavy atom. The summed E-state index contributed by atoms with van der Waals surface area (Å²) in [5, 5.41) is 10.3. The van der Waals surface area contributed by atoms with Crippen molar-refractivity contribution in [2.75, 3.05) is 0 Å². The highest BCUT2D eigenvalue weighted by molar-refractivity contribution is 6.25. The van der Waals surface area contributed by atoms with Gasteiger partial charge in [-0.1, -0.05) is 153 Å². The highest BCUT2D eigenvalue weighted by Gasteiger charge is 2.35. The lowest BCUT2D eigenvalue weighted by Gasteiger charge is -2.21. The lowest BCUT2D eigenvalue weighted by Crippen LogP contribution is -2.14. The highest BCUT2D eigenvalue weighted by atomic mass is 15.0. The normalized spacial score (nSPS) is 13.3. The van der Waals surface area contributed by atoms with E-state index < -0.39 is 0 Å². The molecule has 1 aliphatic rings. The minimum Gasteiger partial charge on any atom is -0.309 e. The summed E-state index contributed by atoms with van der Waals surface area (Å²) in [6, 6.07) is 65.5. The third-order valence-corrected chi connectivity index (χ3v) is 11.8. The van der Waals surface area contributed by atoms with Crippen LogP contribution in [0.15, 0.2) is 176 Å². The minimum atomic E-state index is -0.00108. The SMILES string of the molecule is CC1(C)c2ccccc2-c2cc(-c3cccc(-n4c5ccccc5c5ccc(-c6ccc7c8ccccc8c8ccccc8c7c6)cc54)c3)ccc21.